The third-order valence-corrected chi connectivity index (χ3v) is 17.0. The van der Waals surface area contributed by atoms with E-state index < -0.39 is 23.7 Å². The maximum Gasteiger partial charge on any atom is 0.321 e. The van der Waals surface area contributed by atoms with Gasteiger partial charge in [0.25, 0.3) is 0 Å². The molecule has 16 nitrogen and oxygen atoms in total. The average molecular weight is 1060 g/mol. The lowest BCUT2D eigenvalue weighted by molar-refractivity contribution is -0.143. The van der Waals surface area contributed by atoms with Crippen molar-refractivity contribution in [2.24, 2.45) is 11.8 Å². The molecule has 8 heterocycles. The Kier molecular flexibility index (Phi) is 14.5. The molecule has 4 aromatic heterocycles. The number of hydrogen-bond acceptors (Lipinski definition) is 13. The van der Waals surface area contributed by atoms with E-state index in [1.165, 1.54) is 0 Å². The lowest BCUT2D eigenvalue weighted by atomic mass is 9.89. The number of hydrogen-bond donors (Lipinski definition) is 2. The van der Waals surface area contributed by atoms with Gasteiger partial charge in [-0.05, 0) is 114 Å². The van der Waals surface area contributed by atoms with Crippen LogP contribution in [-0.2, 0) is 9.53 Å². The summed E-state index contributed by atoms with van der Waals surface area (Å²) in [6, 6.07) is 9.93. The minimum absolute atomic E-state index is 0.00789. The number of likely N-dealkylation sites (tertiary alicyclic amines) is 2. The van der Waals surface area contributed by atoms with Crippen molar-refractivity contribution in [3.05, 3.63) is 91.4 Å². The molecule has 0 saturated carbocycles. The molecule has 4 fully saturated rings. The molecule has 4 aliphatic heterocycles. The van der Waals surface area contributed by atoms with E-state index in [1.54, 1.807) is 12.1 Å². The van der Waals surface area contributed by atoms with Gasteiger partial charge in [0.2, 0.25) is 0 Å². The number of ether oxygens (including phenoxy) is 1. The normalized spacial score (nSPS) is 25.5. The van der Waals surface area contributed by atoms with Crippen LogP contribution in [0.3, 0.4) is 0 Å². The Bertz CT molecular complexity index is 2980. The molecule has 10 rings (SSSR count). The van der Waals surface area contributed by atoms with Crippen LogP contribution in [0, 0.1) is 25.7 Å². The van der Waals surface area contributed by atoms with Gasteiger partial charge < -0.3 is 24.7 Å². The van der Waals surface area contributed by atoms with Crippen molar-refractivity contribution in [2.45, 2.75) is 129 Å². The quantitative estimate of drug-likeness (QED) is 0.112. The summed E-state index contributed by atoms with van der Waals surface area (Å²) < 4.78 is 10.6. The molecule has 72 heavy (non-hydrogen) atoms. The van der Waals surface area contributed by atoms with Crippen molar-refractivity contribution < 1.29 is 19.7 Å². The van der Waals surface area contributed by atoms with E-state index in [2.05, 4.69) is 33.4 Å². The van der Waals surface area contributed by atoms with Crippen molar-refractivity contribution in [1.82, 2.24) is 49.3 Å². The van der Waals surface area contributed by atoms with Crippen LogP contribution < -0.4 is 9.80 Å². The highest BCUT2D eigenvalue weighted by atomic mass is 35.5. The molecular formula is C52H64Cl4N12O4. The summed E-state index contributed by atoms with van der Waals surface area (Å²) in [6.07, 6.45) is 7.39. The molecule has 384 valence electrons. The van der Waals surface area contributed by atoms with E-state index in [-0.39, 0.29) is 36.8 Å². The fourth-order valence-electron chi connectivity index (χ4n) is 12.3. The summed E-state index contributed by atoms with van der Waals surface area (Å²) >= 11 is 26.3. The predicted octanol–water partition coefficient (Wildman–Crippen LogP) is 9.30. The minimum atomic E-state index is -0.866. The van der Waals surface area contributed by atoms with Crippen LogP contribution in [0.1, 0.15) is 101 Å². The van der Waals surface area contributed by atoms with Crippen molar-refractivity contribution >= 4 is 86.3 Å². The summed E-state index contributed by atoms with van der Waals surface area (Å²) in [6.45, 7) is 18.8. The van der Waals surface area contributed by atoms with Crippen LogP contribution >= 0.6 is 46.4 Å². The molecule has 0 radical (unpaired) electrons. The third kappa shape index (κ3) is 9.87. The zero-order valence-electron chi connectivity index (χ0n) is 41.9. The summed E-state index contributed by atoms with van der Waals surface area (Å²) in [5.74, 6) is 1.09. The van der Waals surface area contributed by atoms with Crippen LogP contribution in [-0.4, -0.2) is 147 Å². The summed E-state index contributed by atoms with van der Waals surface area (Å²) in [7, 11) is 0. The minimum Gasteiger partial charge on any atom is -0.480 e. The Hall–Kier alpha value is -4.39. The number of carboxylic acids is 1. The number of anilines is 2. The predicted molar refractivity (Wildman–Crippen MR) is 283 cm³/mol. The highest BCUT2D eigenvalue weighted by Gasteiger charge is 2.45. The van der Waals surface area contributed by atoms with Gasteiger partial charge in [-0.1, -0.05) is 72.4 Å². The molecule has 6 aromatic rings. The van der Waals surface area contributed by atoms with Gasteiger partial charge in [0, 0.05) is 77.4 Å². The van der Waals surface area contributed by atoms with Gasteiger partial charge >= 0.3 is 5.97 Å². The molecule has 4 saturated heterocycles. The second-order valence-electron chi connectivity index (χ2n) is 21.2. The van der Waals surface area contributed by atoms with E-state index in [9.17, 15) is 15.0 Å². The molecule has 9 unspecified atom stereocenters. The first-order chi connectivity index (χ1) is 34.3. The van der Waals surface area contributed by atoms with Crippen LogP contribution in [0.25, 0.3) is 22.3 Å². The van der Waals surface area contributed by atoms with E-state index in [0.29, 0.717) is 74.9 Å². The second-order valence-corrected chi connectivity index (χ2v) is 22.9. The molecule has 9 atom stereocenters. The summed E-state index contributed by atoms with van der Waals surface area (Å²) in [4.78, 5) is 42.4. The van der Waals surface area contributed by atoms with Gasteiger partial charge in [-0.25, -0.2) is 29.3 Å². The molecule has 2 N–H and O–H groups in total. The van der Waals surface area contributed by atoms with Crippen LogP contribution in [0.2, 0.25) is 20.1 Å². The Morgan fingerprint density at radius 2 is 1.31 bits per heavy atom. The van der Waals surface area contributed by atoms with Crippen molar-refractivity contribution in [1.29, 1.82) is 0 Å². The highest BCUT2D eigenvalue weighted by Crippen LogP contribution is 2.39. The SMILES string of the molecule is Cc1nn(C(C)c2ccc(Cl)cc2Cl)c2nc(N3CCC(N4CC(OCC(c5ccc(Cl)cc5Cl)n5nc(C)c6ncc(N7CCC(N8CCCC8C(C)(C)O)C(C)C7)nc65)CC4C(=O)O)C(C)C3)cnc12. The van der Waals surface area contributed by atoms with Gasteiger partial charge in [0.15, 0.2) is 11.3 Å². The summed E-state index contributed by atoms with van der Waals surface area (Å²) in [5.41, 5.74) is 5.06. The topological polar surface area (TPSA) is 167 Å². The van der Waals surface area contributed by atoms with Crippen molar-refractivity contribution in [3.8, 4) is 0 Å². The fraction of sp³-hybridized carbons (Fsp3) is 0.558. The van der Waals surface area contributed by atoms with E-state index in [4.69, 9.17) is 81.3 Å². The number of aromatic nitrogens is 8. The molecular weight excluding hydrogens is 998 g/mol. The molecule has 0 spiro atoms. The zero-order valence-corrected chi connectivity index (χ0v) is 44.9. The summed E-state index contributed by atoms with van der Waals surface area (Å²) in [5, 5.41) is 33.6. The first-order valence-electron chi connectivity index (χ1n) is 25.3. The Balaban J connectivity index is 0.856. The van der Waals surface area contributed by atoms with Gasteiger partial charge in [-0.3, -0.25) is 14.6 Å². The number of carbonyl (C=O) groups is 1. The number of benzene rings is 2. The maximum atomic E-state index is 13.0. The third-order valence-electron chi connectivity index (χ3n) is 15.9. The van der Waals surface area contributed by atoms with Gasteiger partial charge in [-0.15, -0.1) is 0 Å². The number of carboxylic acid groups (broad SMARTS) is 1. The van der Waals surface area contributed by atoms with Gasteiger partial charge in [-0.2, -0.15) is 10.2 Å². The molecule has 0 aliphatic carbocycles. The number of aliphatic carboxylic acids is 1. The maximum absolute atomic E-state index is 13.0. The average Bonchev–Trinajstić information content (AvgIpc) is 4.14. The fourth-order valence-corrected chi connectivity index (χ4v) is 13.4. The van der Waals surface area contributed by atoms with Gasteiger partial charge in [0.1, 0.15) is 34.8 Å². The van der Waals surface area contributed by atoms with Crippen LogP contribution in [0.15, 0.2) is 48.8 Å². The number of halogens is 4. The zero-order chi connectivity index (χ0) is 50.9. The molecule has 20 heteroatoms. The standard InChI is InChI=1S/C52H64Cl4N12O4/c1-28-24-63(17-14-40(28)65-16-8-9-44(65)52(6,7)71)46-23-58-48-31(4)62-68(50(48)60-46)43(37-13-11-34(54)20-39(37)56)27-72-35-21-42(51(69)70)66(26-35)41-15-18-64(25-29(41)2)45-22-57-47-30(3)61-67(49(47)59-45)32(5)36-12-10-33(53)19-38(36)55/h10-13,19-20,22-23,28-29,32,35,40-44,71H,8-9,14-18,21,24-27H2,1-7H3,(H,69,70). The number of nitrogens with zero attached hydrogens (tertiary/aromatic N) is 12. The Morgan fingerprint density at radius 3 is 1.85 bits per heavy atom. The van der Waals surface area contributed by atoms with Crippen LogP contribution in [0.5, 0.6) is 0 Å². The number of fused-ring (bicyclic) bond motifs is 2. The lowest BCUT2D eigenvalue weighted by Crippen LogP contribution is -2.56. The number of aryl methyl sites for hydroxylation is 2. The van der Waals surface area contributed by atoms with Crippen molar-refractivity contribution in [2.75, 3.05) is 55.7 Å². The highest BCUT2D eigenvalue weighted by molar-refractivity contribution is 6.35. The molecule has 0 amide bonds. The smallest absolute Gasteiger partial charge is 0.321 e. The van der Waals surface area contributed by atoms with Crippen LogP contribution in [0.4, 0.5) is 11.6 Å². The molecule has 0 bridgehead atoms. The number of rotatable bonds is 13. The first-order valence-corrected chi connectivity index (χ1v) is 26.8. The Morgan fingerprint density at radius 1 is 0.764 bits per heavy atom. The number of piperidine rings is 2. The first kappa shape index (κ1) is 51.1. The Labute approximate surface area is 440 Å². The van der Waals surface area contributed by atoms with Gasteiger partial charge in [0.05, 0.1) is 48.1 Å². The number of aliphatic hydroxyl groups is 1. The van der Waals surface area contributed by atoms with E-state index in [0.717, 1.165) is 85.0 Å². The lowest BCUT2D eigenvalue weighted by Gasteiger charge is -2.46. The second kappa shape index (κ2) is 20.4. The molecule has 2 aromatic carbocycles. The van der Waals surface area contributed by atoms with E-state index in [1.807, 2.05) is 80.6 Å². The largest absolute Gasteiger partial charge is 0.480 e. The van der Waals surface area contributed by atoms with Crippen molar-refractivity contribution in [3.63, 3.8) is 0 Å². The molecule has 4 aliphatic rings. The monoisotopic (exact) mass is 1060 g/mol. The van der Waals surface area contributed by atoms with E-state index >= 15 is 0 Å².